The van der Waals surface area contributed by atoms with E-state index in [1.807, 2.05) is 11.3 Å². The van der Waals surface area contributed by atoms with E-state index in [2.05, 4.69) is 46.7 Å². The van der Waals surface area contributed by atoms with E-state index in [4.69, 9.17) is 14.5 Å². The summed E-state index contributed by atoms with van der Waals surface area (Å²) in [6.07, 6.45) is 22.2. The van der Waals surface area contributed by atoms with Crippen LogP contribution in [0.2, 0.25) is 0 Å². The highest BCUT2D eigenvalue weighted by Crippen LogP contribution is 2.33. The number of nitrogens with zero attached hydrogens (tertiary/aromatic N) is 3. The maximum atomic E-state index is 5.70. The molecule has 3 heterocycles. The number of aryl methyl sites for hydroxylation is 1. The molecule has 2 saturated heterocycles. The molecular weight excluding hydrogens is 550 g/mol. The maximum absolute atomic E-state index is 5.70. The summed E-state index contributed by atoms with van der Waals surface area (Å²) in [6.45, 7) is 9.42. The Morgan fingerprint density at radius 3 is 1.98 bits per heavy atom. The van der Waals surface area contributed by atoms with Crippen LogP contribution >= 0.6 is 11.3 Å². The number of morpholine rings is 2. The topological polar surface area (TPSA) is 37.6 Å². The van der Waals surface area contributed by atoms with Gasteiger partial charge in [0.2, 0.25) is 5.36 Å². The van der Waals surface area contributed by atoms with Crippen LogP contribution in [-0.2, 0) is 15.9 Å². The first kappa shape index (κ1) is 32.4. The van der Waals surface area contributed by atoms with Crippen molar-refractivity contribution in [3.63, 3.8) is 0 Å². The third-order valence-electron chi connectivity index (χ3n) is 9.34. The van der Waals surface area contributed by atoms with Crippen molar-refractivity contribution in [2.45, 2.75) is 110 Å². The monoisotopic (exact) mass is 606 g/mol. The Bertz CT molecular complexity index is 1270. The lowest BCUT2D eigenvalue weighted by Crippen LogP contribution is -2.41. The fraction of sp³-hybridized carbons (Fsp3) is 0.676. The molecule has 43 heavy (non-hydrogen) atoms. The summed E-state index contributed by atoms with van der Waals surface area (Å²) in [6, 6.07) is 11.6. The fourth-order valence-corrected chi connectivity index (χ4v) is 7.71. The van der Waals surface area contributed by atoms with Gasteiger partial charge in [0, 0.05) is 30.4 Å². The highest BCUT2D eigenvalue weighted by atomic mass is 32.1. The van der Waals surface area contributed by atoms with Gasteiger partial charge in [-0.25, -0.2) is 9.56 Å². The largest absolute Gasteiger partial charge is 0.378 e. The minimum Gasteiger partial charge on any atom is -0.378 e. The Kier molecular flexibility index (Phi) is 13.6. The van der Waals surface area contributed by atoms with E-state index in [9.17, 15) is 0 Å². The molecule has 3 aliphatic heterocycles. The molecule has 4 aliphatic rings. The summed E-state index contributed by atoms with van der Waals surface area (Å²) < 4.78 is 15.1. The van der Waals surface area contributed by atoms with E-state index < -0.39 is 0 Å². The maximum Gasteiger partial charge on any atom is 0.204 e. The van der Waals surface area contributed by atoms with Gasteiger partial charge >= 0.3 is 0 Å². The van der Waals surface area contributed by atoms with Gasteiger partial charge in [-0.2, -0.15) is 0 Å². The second kappa shape index (κ2) is 18.1. The fourth-order valence-electron chi connectivity index (χ4n) is 6.70. The van der Waals surface area contributed by atoms with Gasteiger partial charge in [-0.15, -0.1) is 11.3 Å². The van der Waals surface area contributed by atoms with Gasteiger partial charge < -0.3 is 14.4 Å². The number of benzene rings is 2. The molecule has 1 aliphatic carbocycles. The number of fused-ring (bicyclic) bond motifs is 2. The second-order valence-electron chi connectivity index (χ2n) is 12.7. The van der Waals surface area contributed by atoms with Crippen LogP contribution in [0.1, 0.15) is 109 Å². The Morgan fingerprint density at radius 2 is 1.33 bits per heavy atom. The smallest absolute Gasteiger partial charge is 0.204 e. The second-order valence-corrected chi connectivity index (χ2v) is 13.8. The van der Waals surface area contributed by atoms with Gasteiger partial charge in [-0.05, 0) is 37.1 Å². The zero-order valence-corrected chi connectivity index (χ0v) is 27.7. The molecule has 0 N–H and O–H groups in total. The third-order valence-corrected chi connectivity index (χ3v) is 10.4. The van der Waals surface area contributed by atoms with Crippen LogP contribution in [-0.4, -0.2) is 57.6 Å². The van der Waals surface area contributed by atoms with Crippen LogP contribution < -0.4 is 14.8 Å². The first-order valence-electron chi connectivity index (χ1n) is 17.7. The molecule has 0 spiro atoms. The number of ether oxygens (including phenoxy) is 2. The van der Waals surface area contributed by atoms with Gasteiger partial charge in [0.25, 0.3) is 0 Å². The first-order chi connectivity index (χ1) is 21.3. The van der Waals surface area contributed by atoms with Crippen molar-refractivity contribution in [1.82, 2.24) is 9.56 Å². The lowest BCUT2D eigenvalue weighted by molar-refractivity contribution is 0.0964. The van der Waals surface area contributed by atoms with Gasteiger partial charge in [-0.3, -0.25) is 0 Å². The number of hydrogen-bond donors (Lipinski definition) is 0. The molecule has 0 amide bonds. The quantitative estimate of drug-likeness (QED) is 0.0878. The van der Waals surface area contributed by atoms with Gasteiger partial charge in [-0.1, -0.05) is 96.8 Å². The molecule has 0 radical (unpaired) electrons. The summed E-state index contributed by atoms with van der Waals surface area (Å²) in [5.41, 5.74) is 5.00. The molecule has 1 aromatic rings. The van der Waals surface area contributed by atoms with Crippen LogP contribution in [0.25, 0.3) is 20.8 Å². The number of hydrogen-bond acceptors (Lipinski definition) is 5. The van der Waals surface area contributed by atoms with Crippen molar-refractivity contribution in [3.8, 4) is 10.6 Å². The van der Waals surface area contributed by atoms with Gasteiger partial charge in [0.15, 0.2) is 13.1 Å². The average molecular weight is 607 g/mol. The minimum atomic E-state index is 0.808. The van der Waals surface area contributed by atoms with Crippen LogP contribution in [0, 0.1) is 0 Å². The molecule has 2 fully saturated rings. The summed E-state index contributed by atoms with van der Waals surface area (Å²) in [4.78, 5) is 8.87. The van der Waals surface area contributed by atoms with E-state index in [0.29, 0.717) is 0 Å². The molecule has 5 rings (SSSR count). The van der Waals surface area contributed by atoms with Gasteiger partial charge in [0.1, 0.15) is 13.2 Å². The molecular formula is C37H56N3O2S+. The van der Waals surface area contributed by atoms with E-state index >= 15 is 0 Å². The predicted molar refractivity (Wildman–Crippen MR) is 184 cm³/mol. The summed E-state index contributed by atoms with van der Waals surface area (Å²) in [5.74, 6) is 0. The lowest BCUT2D eigenvalue weighted by atomic mass is 10.0. The summed E-state index contributed by atoms with van der Waals surface area (Å²) in [7, 11) is 0. The van der Waals surface area contributed by atoms with Crippen molar-refractivity contribution >= 4 is 27.2 Å². The standard InChI is InChI=1S/C37H56N3O2S/c1-2-3-4-5-6-7-8-9-10-11-12-13-14-15-16-17-31-28-34-37(30-35(31)40-22-26-42-27-23-40)43-36-29-32(18-19-33(36)38-34)39-20-24-41-25-21-39/h18-19,28-30H,2-17,20-27H2,1H3/q+1. The zero-order valence-electron chi connectivity index (χ0n) is 26.9. The van der Waals surface area contributed by atoms with Crippen molar-refractivity contribution in [2.24, 2.45) is 0 Å². The molecule has 236 valence electrons. The normalized spacial score (nSPS) is 16.0. The Labute approximate surface area is 264 Å². The van der Waals surface area contributed by atoms with Crippen LogP contribution in [0.15, 0.2) is 30.3 Å². The van der Waals surface area contributed by atoms with Crippen LogP contribution in [0.4, 0.5) is 5.69 Å². The number of anilines is 1. The first-order valence-corrected chi connectivity index (χ1v) is 18.5. The molecule has 1 aromatic carbocycles. The van der Waals surface area contributed by atoms with E-state index in [-0.39, 0.29) is 0 Å². The summed E-state index contributed by atoms with van der Waals surface area (Å²) >= 11 is 1.89. The lowest BCUT2D eigenvalue weighted by Gasteiger charge is -2.29. The Hall–Kier alpha value is -2.02. The molecule has 0 aromatic heterocycles. The molecule has 0 atom stereocenters. The SMILES string of the molecule is CCCCCCCCCCCCCCCCCc1cc2nc3ccc(N4CCOCC4)cc3sc-2cc1=[N+]1CCOCC1. The molecule has 0 saturated carbocycles. The van der Waals surface area contributed by atoms with Gasteiger partial charge in [0.05, 0.1) is 34.0 Å². The van der Waals surface area contributed by atoms with E-state index in [1.54, 1.807) is 0 Å². The summed E-state index contributed by atoms with van der Waals surface area (Å²) in [5, 5.41) is 1.41. The van der Waals surface area contributed by atoms with E-state index in [1.165, 1.54) is 122 Å². The number of aromatic nitrogens is 1. The molecule has 6 heteroatoms. The van der Waals surface area contributed by atoms with Crippen LogP contribution in [0.5, 0.6) is 0 Å². The predicted octanol–water partition coefficient (Wildman–Crippen LogP) is 8.45. The zero-order chi connectivity index (χ0) is 29.5. The number of rotatable bonds is 17. The third kappa shape index (κ3) is 9.99. The molecule has 5 nitrogen and oxygen atoms in total. The van der Waals surface area contributed by atoms with Crippen molar-refractivity contribution < 1.29 is 9.47 Å². The Balaban J connectivity index is 1.14. The van der Waals surface area contributed by atoms with Crippen molar-refractivity contribution in [2.75, 3.05) is 57.5 Å². The van der Waals surface area contributed by atoms with Crippen LogP contribution in [0.3, 0.4) is 0 Å². The molecule has 0 unspecified atom stereocenters. The average Bonchev–Trinajstić information content (AvgIpc) is 3.06. The number of unbranched alkanes of at least 4 members (excludes halogenated alkanes) is 14. The van der Waals surface area contributed by atoms with Crippen molar-refractivity contribution in [3.05, 3.63) is 41.3 Å². The minimum absolute atomic E-state index is 0.808. The highest BCUT2D eigenvalue weighted by molar-refractivity contribution is 7.21. The van der Waals surface area contributed by atoms with E-state index in [0.717, 1.165) is 70.2 Å². The Morgan fingerprint density at radius 1 is 0.721 bits per heavy atom. The highest BCUT2D eigenvalue weighted by Gasteiger charge is 2.19. The van der Waals surface area contributed by atoms with Crippen molar-refractivity contribution in [1.29, 1.82) is 0 Å². The molecule has 0 bridgehead atoms.